The third-order valence-electron chi connectivity index (χ3n) is 8.63. The summed E-state index contributed by atoms with van der Waals surface area (Å²) in [6.07, 6.45) is 0. The van der Waals surface area contributed by atoms with Crippen molar-refractivity contribution in [2.45, 2.75) is 0 Å². The SMILES string of the molecule is [2H]c1c([2H])c(-c2cc3ccc4ccccc4c3c3ccccc23)c([2H])c([2H])c1-c1ccc2cc3c(ccc4ccccc43)cc2c1. The highest BCUT2D eigenvalue weighted by atomic mass is 14.2. The van der Waals surface area contributed by atoms with E-state index in [0.29, 0.717) is 22.3 Å². The number of benzene rings is 9. The summed E-state index contributed by atoms with van der Waals surface area (Å²) < 4.78 is 36.8. The van der Waals surface area contributed by atoms with Crippen molar-refractivity contribution in [2.24, 2.45) is 0 Å². The van der Waals surface area contributed by atoms with E-state index in [1.807, 2.05) is 54.6 Å². The van der Waals surface area contributed by atoms with Crippen LogP contribution in [0, 0.1) is 0 Å². The van der Waals surface area contributed by atoms with Crippen molar-refractivity contribution in [3.05, 3.63) is 158 Å². The van der Waals surface area contributed by atoms with Crippen LogP contribution in [0.5, 0.6) is 0 Å². The van der Waals surface area contributed by atoms with Gasteiger partial charge in [0.1, 0.15) is 0 Å². The Balaban J connectivity index is 1.26. The van der Waals surface area contributed by atoms with Gasteiger partial charge in [0.2, 0.25) is 0 Å². The average Bonchev–Trinajstić information content (AvgIpc) is 3.10. The van der Waals surface area contributed by atoms with E-state index in [1.54, 1.807) is 0 Å². The molecule has 0 nitrogen and oxygen atoms in total. The van der Waals surface area contributed by atoms with Gasteiger partial charge in [-0.15, -0.1) is 0 Å². The maximum Gasteiger partial charge on any atom is 0.0629 e. The van der Waals surface area contributed by atoms with E-state index < -0.39 is 0 Å². The third kappa shape index (κ3) is 3.56. The van der Waals surface area contributed by atoms with Gasteiger partial charge in [-0.05, 0) is 111 Å². The molecule has 9 rings (SSSR count). The first-order valence-electron chi connectivity index (χ1n) is 16.3. The molecule has 9 aromatic carbocycles. The van der Waals surface area contributed by atoms with Crippen LogP contribution >= 0.6 is 0 Å². The van der Waals surface area contributed by atoms with Gasteiger partial charge in [-0.3, -0.25) is 0 Å². The predicted molar refractivity (Wildman–Crippen MR) is 182 cm³/mol. The number of hydrogen-bond acceptors (Lipinski definition) is 0. The van der Waals surface area contributed by atoms with Crippen LogP contribution < -0.4 is 0 Å². The fraction of sp³-hybridized carbons (Fsp3) is 0. The van der Waals surface area contributed by atoms with E-state index in [2.05, 4.69) is 78.9 Å². The van der Waals surface area contributed by atoms with E-state index in [9.17, 15) is 5.48 Å². The van der Waals surface area contributed by atoms with Crippen LogP contribution in [0.4, 0.5) is 0 Å². The molecule has 0 amide bonds. The minimum Gasteiger partial charge on any atom is -0.0616 e. The first kappa shape index (κ1) is 19.6. The summed E-state index contributed by atoms with van der Waals surface area (Å²) >= 11 is 0. The lowest BCUT2D eigenvalue weighted by molar-refractivity contribution is 1.63. The topological polar surface area (TPSA) is 0 Å². The van der Waals surface area contributed by atoms with Crippen LogP contribution in [0.3, 0.4) is 0 Å². The molecule has 0 spiro atoms. The molecule has 0 aliphatic heterocycles. The molecule has 0 fully saturated rings. The van der Waals surface area contributed by atoms with Gasteiger partial charge in [0.25, 0.3) is 0 Å². The van der Waals surface area contributed by atoms with Gasteiger partial charge >= 0.3 is 0 Å². The quantitative estimate of drug-likeness (QED) is 0.153. The third-order valence-corrected chi connectivity index (χ3v) is 8.63. The normalized spacial score (nSPS) is 13.1. The zero-order chi connectivity index (χ0) is 31.1. The summed E-state index contributed by atoms with van der Waals surface area (Å²) in [6, 6.07) is 45.4. The molecule has 0 heterocycles. The summed E-state index contributed by atoms with van der Waals surface area (Å²) in [5, 5.41) is 13.1. The highest BCUT2D eigenvalue weighted by Crippen LogP contribution is 2.39. The van der Waals surface area contributed by atoms with Gasteiger partial charge < -0.3 is 0 Å². The summed E-state index contributed by atoms with van der Waals surface area (Å²) in [5.41, 5.74) is 2.02. The maximum atomic E-state index is 9.23. The fourth-order valence-electron chi connectivity index (χ4n) is 6.59. The van der Waals surface area contributed by atoms with Gasteiger partial charge in [-0.1, -0.05) is 133 Å². The maximum absolute atomic E-state index is 9.23. The van der Waals surface area contributed by atoms with E-state index in [0.717, 1.165) is 48.5 Å². The monoisotopic (exact) mass is 534 g/mol. The van der Waals surface area contributed by atoms with Crippen molar-refractivity contribution in [1.29, 1.82) is 0 Å². The molecule has 0 bridgehead atoms. The fourth-order valence-corrected chi connectivity index (χ4v) is 6.59. The Bertz CT molecular complexity index is 2710. The summed E-state index contributed by atoms with van der Waals surface area (Å²) in [7, 11) is 0. The van der Waals surface area contributed by atoms with Gasteiger partial charge in [-0.2, -0.15) is 0 Å². The Labute approximate surface area is 249 Å². The van der Waals surface area contributed by atoms with Crippen LogP contribution in [0.2, 0.25) is 0 Å². The van der Waals surface area contributed by atoms with Gasteiger partial charge in [-0.25, -0.2) is 0 Å². The molecule has 42 heavy (non-hydrogen) atoms. The van der Waals surface area contributed by atoms with E-state index in [1.165, 1.54) is 16.2 Å². The Morgan fingerprint density at radius 3 is 1.71 bits per heavy atom. The summed E-state index contributed by atoms with van der Waals surface area (Å²) in [6.45, 7) is 0. The van der Waals surface area contributed by atoms with Crippen molar-refractivity contribution < 1.29 is 5.48 Å². The second-order valence-electron chi connectivity index (χ2n) is 11.0. The van der Waals surface area contributed by atoms with Crippen LogP contribution in [0.25, 0.3) is 86.9 Å². The first-order chi connectivity index (χ1) is 22.5. The Hall–Kier alpha value is -5.46. The molecule has 0 heteroatoms. The lowest BCUT2D eigenvalue weighted by atomic mass is 9.90. The molecular formula is C42H26. The smallest absolute Gasteiger partial charge is 0.0616 e. The highest BCUT2D eigenvalue weighted by molar-refractivity contribution is 6.23. The number of hydrogen-bond donors (Lipinski definition) is 0. The molecule has 0 aromatic heterocycles. The molecule has 0 aliphatic carbocycles. The van der Waals surface area contributed by atoms with Crippen LogP contribution in [0.15, 0.2) is 158 Å². The number of rotatable bonds is 2. The van der Waals surface area contributed by atoms with E-state index in [-0.39, 0.29) is 24.2 Å². The molecule has 0 unspecified atom stereocenters. The number of fused-ring (bicyclic) bond motifs is 9. The zero-order valence-corrected chi connectivity index (χ0v) is 22.7. The van der Waals surface area contributed by atoms with Crippen molar-refractivity contribution in [3.8, 4) is 22.3 Å². The first-order valence-corrected chi connectivity index (χ1v) is 14.3. The standard InChI is InChI=1S/C42H26/c1-3-9-36-28(7-1)17-21-33-24-35-23-31(19-20-32(35)25-41(33)36)27-13-15-30(16-14-27)40-26-34-22-18-29-8-2-4-10-37(29)42(34)39-12-6-5-11-38(39)40/h1-26H/i13D,14D,15D,16D. The molecule has 0 atom stereocenters. The van der Waals surface area contributed by atoms with Gasteiger partial charge in [0, 0.05) is 0 Å². The molecule has 0 radical (unpaired) electrons. The van der Waals surface area contributed by atoms with Crippen LogP contribution in [-0.2, 0) is 0 Å². The van der Waals surface area contributed by atoms with Gasteiger partial charge in [0.05, 0.1) is 5.48 Å². The largest absolute Gasteiger partial charge is 0.0629 e. The van der Waals surface area contributed by atoms with Gasteiger partial charge in [0.15, 0.2) is 0 Å². The lowest BCUT2D eigenvalue weighted by Gasteiger charge is -2.14. The Kier molecular flexibility index (Phi) is 4.21. The summed E-state index contributed by atoms with van der Waals surface area (Å²) in [5.74, 6) is 0. The zero-order valence-electron chi connectivity index (χ0n) is 26.7. The minimum atomic E-state index is -0.0372. The van der Waals surface area contributed by atoms with Crippen molar-refractivity contribution >= 4 is 64.6 Å². The summed E-state index contributed by atoms with van der Waals surface area (Å²) in [4.78, 5) is 0. The molecular weight excluding hydrogens is 504 g/mol. The Morgan fingerprint density at radius 1 is 0.310 bits per heavy atom. The molecule has 9 aromatic rings. The average molecular weight is 535 g/mol. The molecule has 0 saturated carbocycles. The van der Waals surface area contributed by atoms with E-state index >= 15 is 0 Å². The molecule has 0 N–H and O–H groups in total. The van der Waals surface area contributed by atoms with Crippen molar-refractivity contribution in [3.63, 3.8) is 0 Å². The van der Waals surface area contributed by atoms with Crippen LogP contribution in [0.1, 0.15) is 5.48 Å². The van der Waals surface area contributed by atoms with E-state index in [4.69, 9.17) is 0 Å². The van der Waals surface area contributed by atoms with Crippen molar-refractivity contribution in [2.75, 3.05) is 0 Å². The highest BCUT2D eigenvalue weighted by Gasteiger charge is 2.12. The van der Waals surface area contributed by atoms with Crippen LogP contribution in [-0.4, -0.2) is 0 Å². The molecule has 0 aliphatic rings. The minimum absolute atomic E-state index is 0.0358. The Morgan fingerprint density at radius 2 is 0.905 bits per heavy atom. The lowest BCUT2D eigenvalue weighted by Crippen LogP contribution is -1.87. The molecule has 194 valence electrons. The molecule has 0 saturated heterocycles. The van der Waals surface area contributed by atoms with Crippen molar-refractivity contribution in [1.82, 2.24) is 0 Å². The predicted octanol–water partition coefficient (Wildman–Crippen LogP) is 11.9. The second kappa shape index (κ2) is 9.03. The second-order valence-corrected chi connectivity index (χ2v) is 11.0.